The van der Waals surface area contributed by atoms with Crippen molar-refractivity contribution in [2.24, 2.45) is 5.41 Å². The SMILES string of the molecule is CCSCCC1(C#N)CCCCCC1. The minimum absolute atomic E-state index is 0.0403. The van der Waals surface area contributed by atoms with E-state index in [0.29, 0.717) is 0 Å². The largest absolute Gasteiger partial charge is 0.198 e. The maximum absolute atomic E-state index is 9.31. The molecule has 1 rings (SSSR count). The number of thioether (sulfide) groups is 1. The molecule has 1 saturated carbocycles. The first-order chi connectivity index (χ1) is 6.83. The van der Waals surface area contributed by atoms with E-state index in [1.54, 1.807) is 0 Å². The summed E-state index contributed by atoms with van der Waals surface area (Å²) in [5, 5.41) is 9.31. The summed E-state index contributed by atoms with van der Waals surface area (Å²) in [4.78, 5) is 0. The predicted octanol–water partition coefficient (Wildman–Crippen LogP) is 3.99. The van der Waals surface area contributed by atoms with Crippen LogP contribution in [-0.2, 0) is 0 Å². The Morgan fingerprint density at radius 1 is 1.21 bits per heavy atom. The summed E-state index contributed by atoms with van der Waals surface area (Å²) in [5.41, 5.74) is 0.0403. The van der Waals surface area contributed by atoms with E-state index in [4.69, 9.17) is 0 Å². The lowest BCUT2D eigenvalue weighted by Crippen LogP contribution is -2.18. The molecule has 1 aliphatic carbocycles. The summed E-state index contributed by atoms with van der Waals surface area (Å²) in [7, 11) is 0. The zero-order valence-electron chi connectivity index (χ0n) is 9.22. The molecule has 0 N–H and O–H groups in total. The number of hydrogen-bond acceptors (Lipinski definition) is 2. The van der Waals surface area contributed by atoms with Crippen molar-refractivity contribution in [1.82, 2.24) is 0 Å². The Morgan fingerprint density at radius 3 is 2.36 bits per heavy atom. The summed E-state index contributed by atoms with van der Waals surface area (Å²) in [6.07, 6.45) is 8.62. The second kappa shape index (κ2) is 6.35. The normalized spacial score (nSPS) is 21.1. The van der Waals surface area contributed by atoms with Crippen LogP contribution in [0.15, 0.2) is 0 Å². The second-order valence-corrected chi connectivity index (χ2v) is 5.65. The van der Waals surface area contributed by atoms with Gasteiger partial charge in [0, 0.05) is 0 Å². The Labute approximate surface area is 92.3 Å². The molecule has 0 aromatic carbocycles. The van der Waals surface area contributed by atoms with E-state index in [1.807, 2.05) is 11.8 Å². The standard InChI is InChI=1S/C12H21NS/c1-2-14-10-9-12(11-13)7-5-3-4-6-8-12/h2-10H2,1H3. The Balaban J connectivity index is 2.42. The molecular formula is C12H21NS. The highest BCUT2D eigenvalue weighted by molar-refractivity contribution is 7.99. The molecule has 0 bridgehead atoms. The first kappa shape index (κ1) is 11.9. The molecule has 1 fully saturated rings. The third-order valence-corrected chi connectivity index (χ3v) is 4.13. The van der Waals surface area contributed by atoms with Gasteiger partial charge in [0.05, 0.1) is 11.5 Å². The van der Waals surface area contributed by atoms with Crippen LogP contribution in [0.2, 0.25) is 0 Å². The van der Waals surface area contributed by atoms with E-state index in [2.05, 4.69) is 13.0 Å². The lowest BCUT2D eigenvalue weighted by molar-refractivity contribution is 0.332. The van der Waals surface area contributed by atoms with Crippen molar-refractivity contribution < 1.29 is 0 Å². The van der Waals surface area contributed by atoms with E-state index in [-0.39, 0.29) is 5.41 Å². The maximum Gasteiger partial charge on any atom is 0.0690 e. The van der Waals surface area contributed by atoms with E-state index in [1.165, 1.54) is 37.2 Å². The van der Waals surface area contributed by atoms with Crippen LogP contribution in [0.4, 0.5) is 0 Å². The number of hydrogen-bond donors (Lipinski definition) is 0. The molecule has 0 amide bonds. The second-order valence-electron chi connectivity index (χ2n) is 4.25. The van der Waals surface area contributed by atoms with Crippen molar-refractivity contribution in [3.63, 3.8) is 0 Å². The fourth-order valence-corrected chi connectivity index (χ4v) is 3.06. The minimum Gasteiger partial charge on any atom is -0.198 e. The monoisotopic (exact) mass is 211 g/mol. The van der Waals surface area contributed by atoms with Crippen molar-refractivity contribution in [2.45, 2.75) is 51.9 Å². The van der Waals surface area contributed by atoms with E-state index < -0.39 is 0 Å². The zero-order chi connectivity index (χ0) is 10.3. The van der Waals surface area contributed by atoms with Crippen LogP contribution in [0, 0.1) is 16.7 Å². The molecule has 0 unspecified atom stereocenters. The predicted molar refractivity (Wildman–Crippen MR) is 63.4 cm³/mol. The molecule has 0 heterocycles. The van der Waals surface area contributed by atoms with Crippen LogP contribution >= 0.6 is 11.8 Å². The van der Waals surface area contributed by atoms with E-state index in [9.17, 15) is 5.26 Å². The van der Waals surface area contributed by atoms with Crippen LogP contribution in [0.25, 0.3) is 0 Å². The number of nitrogens with zero attached hydrogens (tertiary/aromatic N) is 1. The average Bonchev–Trinajstić information content (AvgIpc) is 2.45. The van der Waals surface area contributed by atoms with Crippen LogP contribution in [-0.4, -0.2) is 11.5 Å². The molecular weight excluding hydrogens is 190 g/mol. The fourth-order valence-electron chi connectivity index (χ4n) is 2.23. The van der Waals surface area contributed by atoms with Gasteiger partial charge in [-0.3, -0.25) is 0 Å². The molecule has 2 heteroatoms. The Morgan fingerprint density at radius 2 is 1.86 bits per heavy atom. The van der Waals surface area contributed by atoms with Gasteiger partial charge in [-0.2, -0.15) is 17.0 Å². The lowest BCUT2D eigenvalue weighted by Gasteiger charge is -2.24. The van der Waals surface area contributed by atoms with Crippen molar-refractivity contribution >= 4 is 11.8 Å². The fraction of sp³-hybridized carbons (Fsp3) is 0.917. The molecule has 0 atom stereocenters. The molecule has 1 aliphatic rings. The number of rotatable bonds is 4. The van der Waals surface area contributed by atoms with Gasteiger partial charge in [-0.15, -0.1) is 0 Å². The van der Waals surface area contributed by atoms with Crippen molar-refractivity contribution in [3.05, 3.63) is 0 Å². The highest BCUT2D eigenvalue weighted by Crippen LogP contribution is 2.38. The first-order valence-electron chi connectivity index (χ1n) is 5.82. The molecule has 14 heavy (non-hydrogen) atoms. The number of nitriles is 1. The summed E-state index contributed by atoms with van der Waals surface area (Å²) in [6, 6.07) is 2.60. The minimum atomic E-state index is 0.0403. The quantitative estimate of drug-likeness (QED) is 0.518. The smallest absolute Gasteiger partial charge is 0.0690 e. The third-order valence-electron chi connectivity index (χ3n) is 3.23. The van der Waals surface area contributed by atoms with Gasteiger partial charge in [0.15, 0.2) is 0 Å². The van der Waals surface area contributed by atoms with Crippen LogP contribution in [0.3, 0.4) is 0 Å². The molecule has 0 saturated heterocycles. The summed E-state index contributed by atoms with van der Waals surface area (Å²) >= 11 is 1.97. The van der Waals surface area contributed by atoms with Gasteiger partial charge in [-0.05, 0) is 30.8 Å². The van der Waals surface area contributed by atoms with Gasteiger partial charge in [0.2, 0.25) is 0 Å². The zero-order valence-corrected chi connectivity index (χ0v) is 10.0. The van der Waals surface area contributed by atoms with Gasteiger partial charge in [-0.1, -0.05) is 32.6 Å². The van der Waals surface area contributed by atoms with Crippen LogP contribution < -0.4 is 0 Å². The van der Waals surface area contributed by atoms with Crippen LogP contribution in [0.5, 0.6) is 0 Å². The van der Waals surface area contributed by atoms with Crippen molar-refractivity contribution in [3.8, 4) is 6.07 Å². The summed E-state index contributed by atoms with van der Waals surface area (Å²) < 4.78 is 0. The summed E-state index contributed by atoms with van der Waals surface area (Å²) in [6.45, 7) is 2.19. The Kier molecular flexibility index (Phi) is 5.40. The molecule has 0 aromatic rings. The lowest BCUT2D eigenvalue weighted by atomic mass is 9.79. The first-order valence-corrected chi connectivity index (χ1v) is 6.97. The molecule has 0 spiro atoms. The van der Waals surface area contributed by atoms with Gasteiger partial charge in [0.1, 0.15) is 0 Å². The topological polar surface area (TPSA) is 23.8 Å². The molecule has 0 aromatic heterocycles. The highest BCUT2D eigenvalue weighted by atomic mass is 32.2. The molecule has 1 nitrogen and oxygen atoms in total. The Bertz CT molecular complexity index is 187. The van der Waals surface area contributed by atoms with Crippen LogP contribution in [0.1, 0.15) is 51.9 Å². The van der Waals surface area contributed by atoms with Crippen molar-refractivity contribution in [1.29, 1.82) is 5.26 Å². The Hall–Kier alpha value is -0.160. The van der Waals surface area contributed by atoms with Gasteiger partial charge in [-0.25, -0.2) is 0 Å². The van der Waals surface area contributed by atoms with Gasteiger partial charge < -0.3 is 0 Å². The third kappa shape index (κ3) is 3.53. The highest BCUT2D eigenvalue weighted by Gasteiger charge is 2.30. The van der Waals surface area contributed by atoms with Crippen molar-refractivity contribution in [2.75, 3.05) is 11.5 Å². The van der Waals surface area contributed by atoms with Gasteiger partial charge in [0.25, 0.3) is 0 Å². The maximum atomic E-state index is 9.31. The molecule has 0 aliphatic heterocycles. The van der Waals surface area contributed by atoms with E-state index >= 15 is 0 Å². The average molecular weight is 211 g/mol. The summed E-state index contributed by atoms with van der Waals surface area (Å²) in [5.74, 6) is 2.35. The molecule has 0 radical (unpaired) electrons. The van der Waals surface area contributed by atoms with E-state index in [0.717, 1.165) is 19.3 Å². The van der Waals surface area contributed by atoms with Gasteiger partial charge >= 0.3 is 0 Å². The molecule has 80 valence electrons.